The zero-order valence-corrected chi connectivity index (χ0v) is 13.8. The fourth-order valence-corrected chi connectivity index (χ4v) is 2.43. The van der Waals surface area contributed by atoms with E-state index >= 15 is 0 Å². The molecule has 3 aromatic rings. The molecular formula is C20H16N2O4. The Balaban J connectivity index is 1.71. The van der Waals surface area contributed by atoms with Crippen LogP contribution < -0.4 is 10.1 Å². The van der Waals surface area contributed by atoms with Gasteiger partial charge in [0.15, 0.2) is 0 Å². The van der Waals surface area contributed by atoms with E-state index in [2.05, 4.69) is 5.32 Å². The lowest BCUT2D eigenvalue weighted by atomic mass is 10.1. The number of hydrogen-bond acceptors (Lipinski definition) is 4. The average molecular weight is 348 g/mol. The van der Waals surface area contributed by atoms with Crippen molar-refractivity contribution in [2.24, 2.45) is 0 Å². The normalized spacial score (nSPS) is 10.2. The van der Waals surface area contributed by atoms with E-state index in [4.69, 9.17) is 4.74 Å². The summed E-state index contributed by atoms with van der Waals surface area (Å²) in [6.07, 6.45) is 0. The maximum absolute atomic E-state index is 12.4. The smallest absolute Gasteiger partial charge is 0.282 e. The first-order valence-electron chi connectivity index (χ1n) is 7.95. The molecule has 130 valence electrons. The lowest BCUT2D eigenvalue weighted by Gasteiger charge is -2.09. The Morgan fingerprint density at radius 2 is 1.69 bits per heavy atom. The van der Waals surface area contributed by atoms with Gasteiger partial charge in [0, 0.05) is 17.8 Å². The lowest BCUT2D eigenvalue weighted by Crippen LogP contribution is -2.13. The van der Waals surface area contributed by atoms with Gasteiger partial charge < -0.3 is 10.1 Å². The molecule has 26 heavy (non-hydrogen) atoms. The molecule has 6 heteroatoms. The molecule has 0 unspecified atom stereocenters. The molecule has 1 amide bonds. The largest absolute Gasteiger partial charge is 0.489 e. The number of ether oxygens (including phenoxy) is 1. The molecular weight excluding hydrogens is 332 g/mol. The van der Waals surface area contributed by atoms with Crippen LogP contribution >= 0.6 is 0 Å². The number of anilines is 1. The van der Waals surface area contributed by atoms with Crippen LogP contribution in [0, 0.1) is 10.1 Å². The molecule has 6 nitrogen and oxygen atoms in total. The van der Waals surface area contributed by atoms with Crippen molar-refractivity contribution in [3.63, 3.8) is 0 Å². The van der Waals surface area contributed by atoms with Gasteiger partial charge in [0.05, 0.1) is 4.92 Å². The molecule has 1 N–H and O–H groups in total. The second-order valence-corrected chi connectivity index (χ2v) is 5.53. The summed E-state index contributed by atoms with van der Waals surface area (Å²) in [5.74, 6) is 0.0479. The van der Waals surface area contributed by atoms with E-state index in [-0.39, 0.29) is 11.3 Å². The summed E-state index contributed by atoms with van der Waals surface area (Å²) in [5.41, 5.74) is 1.30. The number of nitrogens with zero attached hydrogens (tertiary/aromatic N) is 1. The Morgan fingerprint density at radius 3 is 2.46 bits per heavy atom. The monoisotopic (exact) mass is 348 g/mol. The fourth-order valence-electron chi connectivity index (χ4n) is 2.43. The molecule has 0 bridgehead atoms. The average Bonchev–Trinajstić information content (AvgIpc) is 2.67. The summed E-state index contributed by atoms with van der Waals surface area (Å²) in [4.78, 5) is 22.9. The summed E-state index contributed by atoms with van der Waals surface area (Å²) >= 11 is 0. The third-order valence-electron chi connectivity index (χ3n) is 3.69. The molecule has 0 aliphatic heterocycles. The van der Waals surface area contributed by atoms with E-state index in [1.54, 1.807) is 30.3 Å². The van der Waals surface area contributed by atoms with E-state index in [1.165, 1.54) is 18.2 Å². The number of nitro groups is 1. The van der Waals surface area contributed by atoms with Crippen molar-refractivity contribution in [2.45, 2.75) is 6.61 Å². The summed E-state index contributed by atoms with van der Waals surface area (Å²) in [7, 11) is 0. The van der Waals surface area contributed by atoms with Crippen LogP contribution in [0.3, 0.4) is 0 Å². The summed E-state index contributed by atoms with van der Waals surface area (Å²) in [5, 5.41) is 13.7. The van der Waals surface area contributed by atoms with Crippen LogP contribution in [0.4, 0.5) is 11.4 Å². The van der Waals surface area contributed by atoms with Crippen molar-refractivity contribution in [2.75, 3.05) is 5.32 Å². The minimum absolute atomic E-state index is 0.00751. The zero-order chi connectivity index (χ0) is 18.4. The number of para-hydroxylation sites is 1. The van der Waals surface area contributed by atoms with Crippen molar-refractivity contribution >= 4 is 17.3 Å². The summed E-state index contributed by atoms with van der Waals surface area (Å²) in [6, 6.07) is 22.4. The summed E-state index contributed by atoms with van der Waals surface area (Å²) in [6.45, 7) is 0.405. The lowest BCUT2D eigenvalue weighted by molar-refractivity contribution is -0.385. The highest BCUT2D eigenvalue weighted by Crippen LogP contribution is 2.22. The molecule has 0 heterocycles. The molecule has 0 atom stereocenters. The van der Waals surface area contributed by atoms with Gasteiger partial charge in [0.25, 0.3) is 11.6 Å². The molecule has 3 rings (SSSR count). The number of amides is 1. The number of rotatable bonds is 6. The van der Waals surface area contributed by atoms with Gasteiger partial charge in [-0.05, 0) is 23.8 Å². The van der Waals surface area contributed by atoms with Crippen molar-refractivity contribution in [1.82, 2.24) is 0 Å². The molecule has 0 aromatic heterocycles. The molecule has 0 saturated heterocycles. The molecule has 3 aromatic carbocycles. The van der Waals surface area contributed by atoms with Crippen LogP contribution in [0.1, 0.15) is 15.9 Å². The SMILES string of the molecule is O=C(Nc1cccc(OCc2ccccc2)c1)c1ccccc1[N+](=O)[O-]. The highest BCUT2D eigenvalue weighted by molar-refractivity contribution is 6.07. The van der Waals surface area contributed by atoms with E-state index in [0.717, 1.165) is 5.56 Å². The standard InChI is InChI=1S/C20H16N2O4/c23-20(18-11-4-5-12-19(18)22(24)25)21-16-9-6-10-17(13-16)26-14-15-7-2-1-3-8-15/h1-13H,14H2,(H,21,23). The molecule has 0 aliphatic carbocycles. The first-order chi connectivity index (χ1) is 12.6. The minimum atomic E-state index is -0.575. The van der Waals surface area contributed by atoms with Crippen LogP contribution in [-0.4, -0.2) is 10.8 Å². The molecule has 0 fully saturated rings. The van der Waals surface area contributed by atoms with E-state index in [9.17, 15) is 14.9 Å². The maximum Gasteiger partial charge on any atom is 0.282 e. The third-order valence-corrected chi connectivity index (χ3v) is 3.69. The number of hydrogen-bond donors (Lipinski definition) is 1. The Kier molecular flexibility index (Phi) is 5.24. The molecule has 0 spiro atoms. The van der Waals surface area contributed by atoms with Gasteiger partial charge in [0.2, 0.25) is 0 Å². The first kappa shape index (κ1) is 17.2. The Labute approximate surface area is 150 Å². The second-order valence-electron chi connectivity index (χ2n) is 5.53. The molecule has 0 aliphatic rings. The van der Waals surface area contributed by atoms with Gasteiger partial charge in [-0.1, -0.05) is 48.5 Å². The Hall–Kier alpha value is -3.67. The third kappa shape index (κ3) is 4.24. The fraction of sp³-hybridized carbons (Fsp3) is 0.0500. The van der Waals surface area contributed by atoms with Crippen LogP contribution in [0.2, 0.25) is 0 Å². The van der Waals surface area contributed by atoms with Crippen LogP contribution in [0.5, 0.6) is 5.75 Å². The summed E-state index contributed by atoms with van der Waals surface area (Å²) < 4.78 is 5.72. The van der Waals surface area contributed by atoms with E-state index in [0.29, 0.717) is 18.0 Å². The van der Waals surface area contributed by atoms with E-state index in [1.807, 2.05) is 30.3 Å². The van der Waals surface area contributed by atoms with Gasteiger partial charge in [-0.3, -0.25) is 14.9 Å². The van der Waals surface area contributed by atoms with Crippen LogP contribution in [-0.2, 0) is 6.61 Å². The maximum atomic E-state index is 12.4. The number of carbonyl (C=O) groups excluding carboxylic acids is 1. The van der Waals surface area contributed by atoms with E-state index < -0.39 is 10.8 Å². The second kappa shape index (κ2) is 7.94. The number of nitro benzene ring substituents is 1. The minimum Gasteiger partial charge on any atom is -0.489 e. The Morgan fingerprint density at radius 1 is 0.962 bits per heavy atom. The Bertz CT molecular complexity index is 926. The molecule has 0 saturated carbocycles. The van der Waals surface area contributed by atoms with Gasteiger partial charge >= 0.3 is 0 Å². The number of carbonyl (C=O) groups is 1. The predicted molar refractivity (Wildman–Crippen MR) is 98.3 cm³/mol. The van der Waals surface area contributed by atoms with Crippen molar-refractivity contribution in [3.8, 4) is 5.75 Å². The van der Waals surface area contributed by atoms with Gasteiger partial charge in [-0.25, -0.2) is 0 Å². The highest BCUT2D eigenvalue weighted by Gasteiger charge is 2.19. The molecule has 0 radical (unpaired) electrons. The zero-order valence-electron chi connectivity index (χ0n) is 13.8. The van der Waals surface area contributed by atoms with Crippen molar-refractivity contribution < 1.29 is 14.5 Å². The van der Waals surface area contributed by atoms with Gasteiger partial charge in [0.1, 0.15) is 17.9 Å². The predicted octanol–water partition coefficient (Wildman–Crippen LogP) is 4.43. The number of benzene rings is 3. The first-order valence-corrected chi connectivity index (χ1v) is 7.95. The number of nitrogens with one attached hydrogen (secondary N) is 1. The van der Waals surface area contributed by atoms with Gasteiger partial charge in [-0.2, -0.15) is 0 Å². The van der Waals surface area contributed by atoms with Gasteiger partial charge in [-0.15, -0.1) is 0 Å². The van der Waals surface area contributed by atoms with Crippen LogP contribution in [0.15, 0.2) is 78.9 Å². The van der Waals surface area contributed by atoms with Crippen molar-refractivity contribution in [1.29, 1.82) is 0 Å². The highest BCUT2D eigenvalue weighted by atomic mass is 16.6. The van der Waals surface area contributed by atoms with Crippen LogP contribution in [0.25, 0.3) is 0 Å². The topological polar surface area (TPSA) is 81.5 Å². The van der Waals surface area contributed by atoms with Crippen molar-refractivity contribution in [3.05, 3.63) is 100 Å². The quantitative estimate of drug-likeness (QED) is 0.528.